The predicted molar refractivity (Wildman–Crippen MR) is 96.7 cm³/mol. The van der Waals surface area contributed by atoms with Crippen molar-refractivity contribution in [2.75, 3.05) is 0 Å². The third kappa shape index (κ3) is 3.27. The topological polar surface area (TPSA) is 133 Å². The Hall–Kier alpha value is -3.59. The summed E-state index contributed by atoms with van der Waals surface area (Å²) in [6.07, 6.45) is 1.44. The molecule has 0 saturated carbocycles. The molecular weight excluding hydrogens is 370 g/mol. The van der Waals surface area contributed by atoms with Gasteiger partial charge < -0.3 is 5.73 Å². The molecule has 8 nitrogen and oxygen atoms in total. The molecule has 136 valence electrons. The lowest BCUT2D eigenvalue weighted by Crippen LogP contribution is -2.15. The Bertz CT molecular complexity index is 1140. The number of aromatic nitrogens is 1. The highest BCUT2D eigenvalue weighted by Gasteiger charge is 2.31. The number of hydrogen-bond acceptors (Lipinski definition) is 6. The van der Waals surface area contributed by atoms with Crippen molar-refractivity contribution >= 4 is 21.4 Å². The summed E-state index contributed by atoms with van der Waals surface area (Å²) >= 11 is 0. The Morgan fingerprint density at radius 2 is 1.63 bits per heavy atom. The van der Waals surface area contributed by atoms with Crippen LogP contribution in [-0.2, 0) is 9.84 Å². The van der Waals surface area contributed by atoms with E-state index < -0.39 is 31.3 Å². The minimum absolute atomic E-state index is 0.00347. The van der Waals surface area contributed by atoms with Crippen LogP contribution < -0.4 is 5.73 Å². The van der Waals surface area contributed by atoms with Crippen LogP contribution in [0.5, 0.6) is 0 Å². The quantitative estimate of drug-likeness (QED) is 0.532. The molecule has 0 aliphatic heterocycles. The van der Waals surface area contributed by atoms with Gasteiger partial charge in [0, 0.05) is 23.4 Å². The second-order valence-electron chi connectivity index (χ2n) is 5.49. The summed E-state index contributed by atoms with van der Waals surface area (Å²) in [7, 11) is -4.34. The van der Waals surface area contributed by atoms with E-state index in [1.807, 2.05) is 0 Å². The number of hydrogen-bond donors (Lipinski definition) is 1. The summed E-state index contributed by atoms with van der Waals surface area (Å²) < 4.78 is 26.5. The average Bonchev–Trinajstić information content (AvgIpc) is 2.68. The summed E-state index contributed by atoms with van der Waals surface area (Å²) in [5, 5.41) is 11.3. The highest BCUT2D eigenvalue weighted by molar-refractivity contribution is 7.91. The third-order valence-electron chi connectivity index (χ3n) is 3.85. The van der Waals surface area contributed by atoms with Crippen LogP contribution in [0.15, 0.2) is 76.7 Å². The third-order valence-corrected chi connectivity index (χ3v) is 5.70. The van der Waals surface area contributed by atoms with Crippen molar-refractivity contribution in [2.24, 2.45) is 5.73 Å². The molecule has 0 radical (unpaired) electrons. The number of benzene rings is 2. The minimum Gasteiger partial charge on any atom is -0.366 e. The Morgan fingerprint density at radius 1 is 0.963 bits per heavy atom. The molecule has 3 aromatic rings. The zero-order chi connectivity index (χ0) is 19.6. The zero-order valence-corrected chi connectivity index (χ0v) is 14.6. The molecule has 1 heterocycles. The van der Waals surface area contributed by atoms with E-state index in [2.05, 4.69) is 4.98 Å². The summed E-state index contributed by atoms with van der Waals surface area (Å²) in [6.45, 7) is 0. The molecule has 3 rings (SSSR count). The molecule has 0 atom stereocenters. The van der Waals surface area contributed by atoms with E-state index in [4.69, 9.17) is 5.73 Å². The molecule has 1 aromatic heterocycles. The summed E-state index contributed by atoms with van der Waals surface area (Å²) in [5.74, 6) is -0.838. The average molecular weight is 383 g/mol. The molecule has 1 amide bonds. The molecule has 0 bridgehead atoms. The molecular formula is C18H13N3O5S. The molecule has 0 fully saturated rings. The maximum absolute atomic E-state index is 13.2. The number of pyridine rings is 1. The number of rotatable bonds is 5. The lowest BCUT2D eigenvalue weighted by atomic mass is 10.0. The molecule has 0 aliphatic rings. The van der Waals surface area contributed by atoms with Crippen LogP contribution in [0.1, 0.15) is 10.4 Å². The Kier molecular flexibility index (Phi) is 4.70. The molecule has 2 N–H and O–H groups in total. The predicted octanol–water partition coefficient (Wildman–Crippen LogP) is 2.59. The fourth-order valence-electron chi connectivity index (χ4n) is 2.69. The Morgan fingerprint density at radius 3 is 2.26 bits per heavy atom. The van der Waals surface area contributed by atoms with E-state index in [1.165, 1.54) is 42.6 Å². The summed E-state index contributed by atoms with van der Waals surface area (Å²) in [6, 6.07) is 13.8. The standard InChI is InChI=1S/C18H13N3O5S/c19-18(22)12-6-5-10-16(17(12)13-7-3-4-11-20-13)27(25,26)15-9-2-1-8-14(15)21(23)24/h1-11H,(H2,19,22). The fourth-order valence-corrected chi connectivity index (χ4v) is 4.34. The van der Waals surface area contributed by atoms with Crippen LogP contribution in [0.3, 0.4) is 0 Å². The monoisotopic (exact) mass is 383 g/mol. The number of nitro benzene ring substituents is 1. The van der Waals surface area contributed by atoms with E-state index in [1.54, 1.807) is 12.1 Å². The van der Waals surface area contributed by atoms with Gasteiger partial charge in [-0.15, -0.1) is 0 Å². The van der Waals surface area contributed by atoms with Crippen molar-refractivity contribution in [3.63, 3.8) is 0 Å². The van der Waals surface area contributed by atoms with Crippen molar-refractivity contribution in [1.29, 1.82) is 0 Å². The Balaban J connectivity index is 2.38. The van der Waals surface area contributed by atoms with Crippen molar-refractivity contribution in [2.45, 2.75) is 9.79 Å². The lowest BCUT2D eigenvalue weighted by molar-refractivity contribution is -0.387. The maximum atomic E-state index is 13.2. The number of amides is 1. The number of carbonyl (C=O) groups is 1. The molecule has 0 spiro atoms. The molecule has 0 saturated heterocycles. The van der Waals surface area contributed by atoms with Gasteiger partial charge >= 0.3 is 0 Å². The number of carbonyl (C=O) groups excluding carboxylic acids is 1. The van der Waals surface area contributed by atoms with Gasteiger partial charge in [0.05, 0.1) is 15.5 Å². The number of nitrogens with zero attached hydrogens (tertiary/aromatic N) is 2. The molecule has 2 aromatic carbocycles. The Labute approximate surface area is 154 Å². The maximum Gasteiger partial charge on any atom is 0.288 e. The second-order valence-corrected chi connectivity index (χ2v) is 7.37. The second kappa shape index (κ2) is 6.96. The van der Waals surface area contributed by atoms with Crippen molar-refractivity contribution in [3.05, 3.63) is 82.5 Å². The van der Waals surface area contributed by atoms with E-state index in [9.17, 15) is 23.3 Å². The first-order valence-corrected chi connectivity index (χ1v) is 9.15. The van der Waals surface area contributed by atoms with Crippen LogP contribution in [0.25, 0.3) is 11.3 Å². The van der Waals surface area contributed by atoms with Crippen LogP contribution in [0, 0.1) is 10.1 Å². The summed E-state index contributed by atoms with van der Waals surface area (Å²) in [5.41, 5.74) is 5.02. The first kappa shape index (κ1) is 18.2. The van der Waals surface area contributed by atoms with Gasteiger partial charge in [-0.05, 0) is 30.3 Å². The first-order chi connectivity index (χ1) is 12.8. The lowest BCUT2D eigenvalue weighted by Gasteiger charge is -2.13. The van der Waals surface area contributed by atoms with Crippen molar-refractivity contribution < 1.29 is 18.1 Å². The van der Waals surface area contributed by atoms with Crippen LogP contribution in [0.4, 0.5) is 5.69 Å². The number of primary amides is 1. The van der Waals surface area contributed by atoms with Crippen molar-refractivity contribution in [3.8, 4) is 11.3 Å². The minimum atomic E-state index is -4.34. The van der Waals surface area contributed by atoms with E-state index in [0.717, 1.165) is 12.1 Å². The number of sulfone groups is 1. The van der Waals surface area contributed by atoms with E-state index in [0.29, 0.717) is 0 Å². The molecule has 9 heteroatoms. The van der Waals surface area contributed by atoms with Gasteiger partial charge in [-0.2, -0.15) is 0 Å². The largest absolute Gasteiger partial charge is 0.366 e. The molecule has 0 aliphatic carbocycles. The molecule has 0 unspecified atom stereocenters. The van der Waals surface area contributed by atoms with Gasteiger partial charge in [0.2, 0.25) is 15.7 Å². The van der Waals surface area contributed by atoms with Crippen LogP contribution >= 0.6 is 0 Å². The van der Waals surface area contributed by atoms with Gasteiger partial charge in [-0.25, -0.2) is 8.42 Å². The first-order valence-electron chi connectivity index (χ1n) is 7.66. The van der Waals surface area contributed by atoms with Gasteiger partial charge in [0.15, 0.2) is 0 Å². The highest BCUT2D eigenvalue weighted by atomic mass is 32.2. The smallest absolute Gasteiger partial charge is 0.288 e. The number of para-hydroxylation sites is 1. The summed E-state index contributed by atoms with van der Waals surface area (Å²) in [4.78, 5) is 25.7. The van der Waals surface area contributed by atoms with Crippen molar-refractivity contribution in [1.82, 2.24) is 4.98 Å². The zero-order valence-electron chi connectivity index (χ0n) is 13.8. The van der Waals surface area contributed by atoms with Gasteiger partial charge in [-0.1, -0.05) is 24.3 Å². The number of nitro groups is 1. The highest BCUT2D eigenvalue weighted by Crippen LogP contribution is 2.36. The van der Waals surface area contributed by atoms with Crippen LogP contribution in [0.2, 0.25) is 0 Å². The fraction of sp³-hybridized carbons (Fsp3) is 0. The molecule has 27 heavy (non-hydrogen) atoms. The van der Waals surface area contributed by atoms with Crippen LogP contribution in [-0.4, -0.2) is 24.2 Å². The van der Waals surface area contributed by atoms with Gasteiger partial charge in [0.1, 0.15) is 4.90 Å². The number of nitrogens with two attached hydrogens (primary N) is 1. The van der Waals surface area contributed by atoms with E-state index >= 15 is 0 Å². The SMILES string of the molecule is NC(=O)c1cccc(S(=O)(=O)c2ccccc2[N+](=O)[O-])c1-c1ccccn1. The normalized spacial score (nSPS) is 11.1. The van der Waals surface area contributed by atoms with E-state index in [-0.39, 0.29) is 21.7 Å². The van der Waals surface area contributed by atoms with Gasteiger partial charge in [0.25, 0.3) is 5.69 Å². The van der Waals surface area contributed by atoms with Gasteiger partial charge in [-0.3, -0.25) is 19.9 Å².